The summed E-state index contributed by atoms with van der Waals surface area (Å²) in [4.78, 5) is 7.57. The molecule has 1 saturated heterocycles. The van der Waals surface area contributed by atoms with Gasteiger partial charge in [-0.25, -0.2) is 0 Å². The van der Waals surface area contributed by atoms with E-state index in [2.05, 4.69) is 25.7 Å². The van der Waals surface area contributed by atoms with Crippen LogP contribution in [0.15, 0.2) is 0 Å². The van der Waals surface area contributed by atoms with Crippen LogP contribution in [0.2, 0.25) is 0 Å². The van der Waals surface area contributed by atoms with E-state index in [-0.39, 0.29) is 0 Å². The number of nitrogens with zero attached hydrogens (tertiary/aromatic N) is 2. The lowest BCUT2D eigenvalue weighted by atomic mass is 9.98. The first-order valence-electron chi connectivity index (χ1n) is 4.47. The highest BCUT2D eigenvalue weighted by atomic mass is 16.7. The van der Waals surface area contributed by atoms with E-state index in [9.17, 15) is 0 Å². The average Bonchev–Trinajstić information content (AvgIpc) is 1.80. The molecule has 1 aliphatic rings. The van der Waals surface area contributed by atoms with Crippen LogP contribution < -0.4 is 0 Å². The minimum Gasteiger partial charge on any atom is -0.302 e. The second-order valence-corrected chi connectivity index (χ2v) is 4.46. The van der Waals surface area contributed by atoms with Crippen LogP contribution in [0.1, 0.15) is 20.8 Å². The lowest BCUT2D eigenvalue weighted by Gasteiger charge is -2.49. The molecule has 0 radical (unpaired) electrons. The van der Waals surface area contributed by atoms with Gasteiger partial charge in [0.2, 0.25) is 0 Å². The summed E-state index contributed by atoms with van der Waals surface area (Å²) in [7, 11) is 3.71. The molecule has 0 unspecified atom stereocenters. The first-order valence-corrected chi connectivity index (χ1v) is 4.47. The van der Waals surface area contributed by atoms with Gasteiger partial charge in [0.05, 0.1) is 13.2 Å². The zero-order valence-electron chi connectivity index (χ0n) is 8.79. The van der Waals surface area contributed by atoms with Gasteiger partial charge in [-0.15, -0.1) is 0 Å². The van der Waals surface area contributed by atoms with Gasteiger partial charge in [-0.2, -0.15) is 5.06 Å². The summed E-state index contributed by atoms with van der Waals surface area (Å²) in [6.45, 7) is 8.98. The Morgan fingerprint density at radius 1 is 1.33 bits per heavy atom. The zero-order chi connectivity index (χ0) is 9.35. The van der Waals surface area contributed by atoms with Crippen LogP contribution in [0.25, 0.3) is 0 Å². The molecule has 0 aromatic heterocycles. The minimum absolute atomic E-state index is 0.311. The van der Waals surface area contributed by atoms with Crippen LogP contribution in [0, 0.1) is 0 Å². The van der Waals surface area contributed by atoms with Crippen LogP contribution in [-0.2, 0) is 4.84 Å². The van der Waals surface area contributed by atoms with Crippen LogP contribution >= 0.6 is 0 Å². The van der Waals surface area contributed by atoms with Gasteiger partial charge in [0.25, 0.3) is 0 Å². The van der Waals surface area contributed by atoms with Crippen LogP contribution in [-0.4, -0.2) is 48.8 Å². The molecule has 12 heavy (non-hydrogen) atoms. The summed E-state index contributed by atoms with van der Waals surface area (Å²) in [6, 6.07) is 0.578. The number of likely N-dealkylation sites (tertiary alicyclic amines) is 1. The van der Waals surface area contributed by atoms with Crippen molar-refractivity contribution >= 4 is 0 Å². The largest absolute Gasteiger partial charge is 0.302 e. The first-order chi connectivity index (χ1) is 5.45. The van der Waals surface area contributed by atoms with Crippen molar-refractivity contribution in [3.05, 3.63) is 0 Å². The third-order valence-corrected chi connectivity index (χ3v) is 2.61. The molecule has 0 atom stereocenters. The highest BCUT2D eigenvalue weighted by Gasteiger charge is 2.36. The van der Waals surface area contributed by atoms with E-state index in [0.29, 0.717) is 11.6 Å². The molecular formula is C9H20N2O. The number of hydrogen-bond donors (Lipinski definition) is 0. The molecule has 1 heterocycles. The minimum atomic E-state index is 0.311. The van der Waals surface area contributed by atoms with E-state index in [0.717, 1.165) is 13.1 Å². The van der Waals surface area contributed by atoms with Crippen molar-refractivity contribution < 1.29 is 4.84 Å². The summed E-state index contributed by atoms with van der Waals surface area (Å²) < 4.78 is 0. The summed E-state index contributed by atoms with van der Waals surface area (Å²) in [5.74, 6) is 0. The molecular weight excluding hydrogens is 152 g/mol. The molecule has 1 fully saturated rings. The molecule has 1 aliphatic heterocycles. The fourth-order valence-corrected chi connectivity index (χ4v) is 1.38. The topological polar surface area (TPSA) is 15.7 Å². The number of hydroxylamine groups is 2. The van der Waals surface area contributed by atoms with Gasteiger partial charge in [-0.1, -0.05) is 0 Å². The van der Waals surface area contributed by atoms with Crippen molar-refractivity contribution in [2.75, 3.05) is 27.2 Å². The van der Waals surface area contributed by atoms with Gasteiger partial charge in [0, 0.05) is 25.7 Å². The van der Waals surface area contributed by atoms with Gasteiger partial charge in [-0.05, 0) is 20.8 Å². The Morgan fingerprint density at radius 3 is 2.17 bits per heavy atom. The van der Waals surface area contributed by atoms with E-state index in [1.54, 1.807) is 7.11 Å². The molecule has 72 valence electrons. The predicted molar refractivity (Wildman–Crippen MR) is 49.9 cm³/mol. The molecule has 1 rings (SSSR count). The van der Waals surface area contributed by atoms with Crippen molar-refractivity contribution in [1.29, 1.82) is 0 Å². The smallest absolute Gasteiger partial charge is 0.0603 e. The number of hydrogen-bond acceptors (Lipinski definition) is 3. The lowest BCUT2D eigenvalue weighted by Crippen LogP contribution is -2.63. The molecule has 0 spiro atoms. The summed E-state index contributed by atoms with van der Waals surface area (Å²) in [6.07, 6.45) is 0. The Labute approximate surface area is 75.2 Å². The van der Waals surface area contributed by atoms with Crippen molar-refractivity contribution in [2.24, 2.45) is 0 Å². The molecule has 3 heteroatoms. The lowest BCUT2D eigenvalue weighted by molar-refractivity contribution is -0.184. The average molecular weight is 172 g/mol. The molecule has 0 bridgehead atoms. The normalized spacial score (nSPS) is 21.5. The van der Waals surface area contributed by atoms with Crippen LogP contribution in [0.3, 0.4) is 0 Å². The van der Waals surface area contributed by atoms with Crippen molar-refractivity contribution in [2.45, 2.75) is 32.4 Å². The van der Waals surface area contributed by atoms with E-state index >= 15 is 0 Å². The molecule has 3 nitrogen and oxygen atoms in total. The molecule has 0 saturated carbocycles. The van der Waals surface area contributed by atoms with E-state index in [1.807, 2.05) is 12.1 Å². The van der Waals surface area contributed by atoms with Gasteiger partial charge in [0.1, 0.15) is 0 Å². The summed E-state index contributed by atoms with van der Waals surface area (Å²) in [5.41, 5.74) is 0.311. The first kappa shape index (κ1) is 9.96. The maximum absolute atomic E-state index is 5.12. The van der Waals surface area contributed by atoms with E-state index in [4.69, 9.17) is 4.84 Å². The van der Waals surface area contributed by atoms with Crippen LogP contribution in [0.5, 0.6) is 0 Å². The second-order valence-electron chi connectivity index (χ2n) is 4.46. The SMILES string of the molecule is CON(C)C1CN(C(C)(C)C)C1. The highest BCUT2D eigenvalue weighted by Crippen LogP contribution is 2.23. The van der Waals surface area contributed by atoms with Crippen molar-refractivity contribution in [3.63, 3.8) is 0 Å². The molecule has 0 aromatic rings. The van der Waals surface area contributed by atoms with Crippen LogP contribution in [0.4, 0.5) is 0 Å². The second kappa shape index (κ2) is 3.32. The van der Waals surface area contributed by atoms with Crippen molar-refractivity contribution in [1.82, 2.24) is 9.96 Å². The monoisotopic (exact) mass is 172 g/mol. The predicted octanol–water partition coefficient (Wildman–Crippen LogP) is 0.962. The summed E-state index contributed by atoms with van der Waals surface area (Å²) in [5, 5.41) is 1.93. The van der Waals surface area contributed by atoms with Gasteiger partial charge in [-0.3, -0.25) is 4.90 Å². The Bertz CT molecular complexity index is 147. The van der Waals surface area contributed by atoms with Crippen molar-refractivity contribution in [3.8, 4) is 0 Å². The quantitative estimate of drug-likeness (QED) is 0.577. The summed E-state index contributed by atoms with van der Waals surface area (Å²) >= 11 is 0. The Hall–Kier alpha value is -0.120. The number of rotatable bonds is 2. The third kappa shape index (κ3) is 1.97. The zero-order valence-corrected chi connectivity index (χ0v) is 8.79. The van der Waals surface area contributed by atoms with Gasteiger partial charge in [0.15, 0.2) is 0 Å². The molecule has 0 N–H and O–H groups in total. The van der Waals surface area contributed by atoms with E-state index < -0.39 is 0 Å². The maximum atomic E-state index is 5.12. The van der Waals surface area contributed by atoms with E-state index in [1.165, 1.54) is 0 Å². The highest BCUT2D eigenvalue weighted by molar-refractivity contribution is 4.91. The number of likely N-dealkylation sites (N-methyl/N-ethyl adjacent to an activating group) is 1. The fourth-order valence-electron chi connectivity index (χ4n) is 1.38. The maximum Gasteiger partial charge on any atom is 0.0603 e. The molecule has 0 amide bonds. The third-order valence-electron chi connectivity index (χ3n) is 2.61. The van der Waals surface area contributed by atoms with Gasteiger partial charge >= 0.3 is 0 Å². The Kier molecular flexibility index (Phi) is 2.76. The Balaban J connectivity index is 2.29. The molecule has 0 aromatic carbocycles. The Morgan fingerprint density at radius 2 is 1.83 bits per heavy atom. The molecule has 0 aliphatic carbocycles. The standard InChI is InChI=1S/C9H20N2O/c1-9(2,3)11-6-8(7-11)10(4)12-5/h8H,6-7H2,1-5H3. The van der Waals surface area contributed by atoms with Gasteiger partial charge < -0.3 is 4.84 Å². The fraction of sp³-hybridized carbons (Fsp3) is 1.00.